The first-order valence-electron chi connectivity index (χ1n) is 6.04. The van der Waals surface area contributed by atoms with Gasteiger partial charge in [0.05, 0.1) is 11.8 Å². The van der Waals surface area contributed by atoms with E-state index in [1.165, 1.54) is 0 Å². The molecular formula is C14H20O4. The lowest BCUT2D eigenvalue weighted by molar-refractivity contribution is -0.157. The first-order chi connectivity index (χ1) is 8.25. The highest BCUT2D eigenvalue weighted by Gasteiger charge is 2.44. The van der Waals surface area contributed by atoms with Crippen molar-refractivity contribution in [3.05, 3.63) is 23.3 Å². The van der Waals surface area contributed by atoms with Crippen LogP contribution in [-0.2, 0) is 9.59 Å². The third-order valence-corrected chi connectivity index (χ3v) is 3.61. The van der Waals surface area contributed by atoms with Crippen LogP contribution in [0.15, 0.2) is 23.3 Å². The van der Waals surface area contributed by atoms with E-state index < -0.39 is 23.8 Å². The number of rotatable bonds is 3. The second-order valence-corrected chi connectivity index (χ2v) is 5.25. The molecule has 0 aromatic carbocycles. The van der Waals surface area contributed by atoms with Crippen LogP contribution in [0.2, 0.25) is 0 Å². The molecular weight excluding hydrogens is 232 g/mol. The highest BCUT2D eigenvalue weighted by Crippen LogP contribution is 2.39. The van der Waals surface area contributed by atoms with E-state index >= 15 is 0 Å². The summed E-state index contributed by atoms with van der Waals surface area (Å²) in [6.07, 6.45) is 3.72. The van der Waals surface area contributed by atoms with Crippen molar-refractivity contribution in [2.24, 2.45) is 23.7 Å². The largest absolute Gasteiger partial charge is 0.481 e. The number of allylic oxidation sites excluding steroid dienone is 4. The minimum Gasteiger partial charge on any atom is -0.481 e. The standard InChI is InChI=1S/C14H20O4/c1-7(2)5-10-6-8(3)9(4)11(13(15)16)12(10)14(17)18/h5-6,9-12H,1-4H3,(H,15,16)(H,17,18)/t9-,10-,11+,12-/m1/s1. The number of carboxylic acid groups (broad SMARTS) is 2. The van der Waals surface area contributed by atoms with Crippen molar-refractivity contribution >= 4 is 11.9 Å². The molecule has 4 heteroatoms. The van der Waals surface area contributed by atoms with Gasteiger partial charge in [0.25, 0.3) is 0 Å². The number of aliphatic carboxylic acids is 2. The molecule has 0 unspecified atom stereocenters. The van der Waals surface area contributed by atoms with Gasteiger partial charge >= 0.3 is 11.9 Å². The fraction of sp³-hybridized carbons (Fsp3) is 0.571. The molecule has 0 bridgehead atoms. The first kappa shape index (κ1) is 14.5. The lowest BCUT2D eigenvalue weighted by atomic mass is 9.67. The SMILES string of the molecule is CC(C)=C[C@@H]1C=C(C)[C@@H](C)[C@H](C(=O)O)[C@@H]1C(=O)O. The Labute approximate surface area is 107 Å². The summed E-state index contributed by atoms with van der Waals surface area (Å²) < 4.78 is 0. The molecule has 4 nitrogen and oxygen atoms in total. The zero-order valence-corrected chi connectivity index (χ0v) is 11.2. The minimum absolute atomic E-state index is 0.245. The monoisotopic (exact) mass is 252 g/mol. The molecule has 0 fully saturated rings. The zero-order chi connectivity index (χ0) is 14.0. The van der Waals surface area contributed by atoms with E-state index in [0.717, 1.165) is 11.1 Å². The maximum atomic E-state index is 11.4. The van der Waals surface area contributed by atoms with Gasteiger partial charge < -0.3 is 10.2 Å². The number of carboxylic acids is 2. The Morgan fingerprint density at radius 3 is 2.06 bits per heavy atom. The highest BCUT2D eigenvalue weighted by molar-refractivity contribution is 5.82. The average Bonchev–Trinajstić information content (AvgIpc) is 2.20. The van der Waals surface area contributed by atoms with Gasteiger partial charge in [-0.25, -0.2) is 0 Å². The Kier molecular flexibility index (Phi) is 4.33. The van der Waals surface area contributed by atoms with E-state index in [2.05, 4.69) is 0 Å². The smallest absolute Gasteiger partial charge is 0.308 e. The number of hydrogen-bond acceptors (Lipinski definition) is 2. The summed E-state index contributed by atoms with van der Waals surface area (Å²) >= 11 is 0. The molecule has 1 aliphatic carbocycles. The second kappa shape index (κ2) is 5.38. The molecule has 100 valence electrons. The van der Waals surface area contributed by atoms with E-state index in [1.54, 1.807) is 6.92 Å². The lowest BCUT2D eigenvalue weighted by Gasteiger charge is -2.35. The van der Waals surface area contributed by atoms with Crippen LogP contribution in [0.1, 0.15) is 27.7 Å². The van der Waals surface area contributed by atoms with Gasteiger partial charge in [-0.2, -0.15) is 0 Å². The molecule has 0 amide bonds. The highest BCUT2D eigenvalue weighted by atomic mass is 16.4. The molecule has 0 aromatic rings. The third-order valence-electron chi connectivity index (χ3n) is 3.61. The molecule has 18 heavy (non-hydrogen) atoms. The van der Waals surface area contributed by atoms with Gasteiger partial charge in [0.15, 0.2) is 0 Å². The van der Waals surface area contributed by atoms with Crippen molar-refractivity contribution in [3.63, 3.8) is 0 Å². The quantitative estimate of drug-likeness (QED) is 0.757. The van der Waals surface area contributed by atoms with Crippen molar-refractivity contribution in [1.29, 1.82) is 0 Å². The molecule has 0 heterocycles. The summed E-state index contributed by atoms with van der Waals surface area (Å²) in [6, 6.07) is 0. The fourth-order valence-corrected chi connectivity index (χ4v) is 2.62. The van der Waals surface area contributed by atoms with Crippen molar-refractivity contribution in [2.45, 2.75) is 27.7 Å². The van der Waals surface area contributed by atoms with Gasteiger partial charge in [-0.05, 0) is 26.7 Å². The topological polar surface area (TPSA) is 74.6 Å². The Morgan fingerprint density at radius 2 is 1.67 bits per heavy atom. The Hall–Kier alpha value is -1.58. The lowest BCUT2D eigenvalue weighted by Crippen LogP contribution is -2.41. The summed E-state index contributed by atoms with van der Waals surface area (Å²) in [4.78, 5) is 22.7. The second-order valence-electron chi connectivity index (χ2n) is 5.25. The zero-order valence-electron chi connectivity index (χ0n) is 11.2. The number of carbonyl (C=O) groups is 2. The predicted molar refractivity (Wildman–Crippen MR) is 68.1 cm³/mol. The van der Waals surface area contributed by atoms with Crippen LogP contribution in [0.25, 0.3) is 0 Å². The molecule has 1 rings (SSSR count). The van der Waals surface area contributed by atoms with Gasteiger partial charge in [-0.3, -0.25) is 9.59 Å². The van der Waals surface area contributed by atoms with Gasteiger partial charge in [0, 0.05) is 5.92 Å². The van der Waals surface area contributed by atoms with E-state index in [4.69, 9.17) is 0 Å². The van der Waals surface area contributed by atoms with Crippen LogP contribution in [0, 0.1) is 23.7 Å². The Bertz CT molecular complexity index is 416. The molecule has 0 radical (unpaired) electrons. The van der Waals surface area contributed by atoms with E-state index in [0.29, 0.717) is 0 Å². The molecule has 0 aromatic heterocycles. The van der Waals surface area contributed by atoms with Crippen molar-refractivity contribution < 1.29 is 19.8 Å². The van der Waals surface area contributed by atoms with Crippen molar-refractivity contribution in [3.8, 4) is 0 Å². The van der Waals surface area contributed by atoms with Crippen LogP contribution < -0.4 is 0 Å². The van der Waals surface area contributed by atoms with Crippen LogP contribution in [-0.4, -0.2) is 22.2 Å². The van der Waals surface area contributed by atoms with Crippen molar-refractivity contribution in [1.82, 2.24) is 0 Å². The van der Waals surface area contributed by atoms with Crippen LogP contribution in [0.4, 0.5) is 0 Å². The van der Waals surface area contributed by atoms with Crippen molar-refractivity contribution in [2.75, 3.05) is 0 Å². The summed E-state index contributed by atoms with van der Waals surface area (Å²) in [6.45, 7) is 7.41. The predicted octanol–water partition coefficient (Wildman–Crippen LogP) is 2.57. The Balaban J connectivity index is 3.29. The third kappa shape index (κ3) is 2.81. The van der Waals surface area contributed by atoms with Crippen LogP contribution >= 0.6 is 0 Å². The van der Waals surface area contributed by atoms with E-state index in [-0.39, 0.29) is 11.8 Å². The average molecular weight is 252 g/mol. The summed E-state index contributed by atoms with van der Waals surface area (Å²) in [5, 5.41) is 18.6. The summed E-state index contributed by atoms with van der Waals surface area (Å²) in [5.74, 6) is -4.42. The van der Waals surface area contributed by atoms with Crippen LogP contribution in [0.5, 0.6) is 0 Å². The molecule has 0 saturated carbocycles. The molecule has 4 atom stereocenters. The van der Waals surface area contributed by atoms with Crippen LogP contribution in [0.3, 0.4) is 0 Å². The molecule has 0 aliphatic heterocycles. The minimum atomic E-state index is -1.04. The molecule has 1 aliphatic rings. The molecule has 0 saturated heterocycles. The van der Waals surface area contributed by atoms with Gasteiger partial charge in [-0.15, -0.1) is 0 Å². The van der Waals surface area contributed by atoms with E-state index in [9.17, 15) is 19.8 Å². The fourth-order valence-electron chi connectivity index (χ4n) is 2.62. The van der Waals surface area contributed by atoms with Gasteiger partial charge in [0.2, 0.25) is 0 Å². The van der Waals surface area contributed by atoms with Gasteiger partial charge in [-0.1, -0.05) is 30.2 Å². The Morgan fingerprint density at radius 1 is 1.17 bits per heavy atom. The number of hydrogen-bond donors (Lipinski definition) is 2. The maximum absolute atomic E-state index is 11.4. The normalized spacial score (nSPS) is 31.4. The molecule has 2 N–H and O–H groups in total. The summed E-state index contributed by atoms with van der Waals surface area (Å²) in [5.41, 5.74) is 1.94. The van der Waals surface area contributed by atoms with Gasteiger partial charge in [0.1, 0.15) is 0 Å². The molecule has 0 spiro atoms. The maximum Gasteiger partial charge on any atom is 0.308 e. The first-order valence-corrected chi connectivity index (χ1v) is 6.04. The summed E-state index contributed by atoms with van der Waals surface area (Å²) in [7, 11) is 0. The van der Waals surface area contributed by atoms with E-state index in [1.807, 2.05) is 32.9 Å².